The van der Waals surface area contributed by atoms with Crippen molar-refractivity contribution < 1.29 is 17.2 Å². The van der Waals surface area contributed by atoms with Gasteiger partial charge in [-0.15, -0.1) is 0 Å². The van der Waals surface area contributed by atoms with E-state index < -0.39 is 19.9 Å². The van der Waals surface area contributed by atoms with E-state index >= 15 is 0 Å². The smallest absolute Gasteiger partial charge is 0.205 e. The number of rotatable bonds is 3. The third-order valence-electron chi connectivity index (χ3n) is 1.79. The Morgan fingerprint density at radius 1 is 1.27 bits per heavy atom. The van der Waals surface area contributed by atoms with Crippen LogP contribution in [0, 0.1) is 0 Å². The molecule has 0 saturated carbocycles. The summed E-state index contributed by atoms with van der Waals surface area (Å²) in [6.07, 6.45) is 1.46. The van der Waals surface area contributed by atoms with Gasteiger partial charge in [0.2, 0.25) is 0 Å². The van der Waals surface area contributed by atoms with Gasteiger partial charge in [-0.2, -0.15) is 8.78 Å². The summed E-state index contributed by atoms with van der Waals surface area (Å²) < 4.78 is 47.5. The van der Waals surface area contributed by atoms with Crippen molar-refractivity contribution in [2.75, 3.05) is 0 Å². The van der Waals surface area contributed by atoms with Crippen LogP contribution in [-0.4, -0.2) is 8.42 Å². The fourth-order valence-corrected chi connectivity index (χ4v) is 1.64. The average molecular weight is 253 g/mol. The van der Waals surface area contributed by atoms with Crippen LogP contribution in [-0.2, 0) is 14.3 Å². The largest absolute Gasteiger partial charge is 0.384 e. The number of hydrogen-bond donors (Lipinski definition) is 0. The number of halogens is 3. The SMILES string of the molecule is C=Cc1ccc(C(F)(F)S(=O)(=O)Cl)cc1. The second-order valence-corrected chi connectivity index (χ2v) is 5.39. The lowest BCUT2D eigenvalue weighted by molar-refractivity contribution is 0.0936. The Labute approximate surface area is 90.6 Å². The highest BCUT2D eigenvalue weighted by Gasteiger charge is 2.45. The Balaban J connectivity index is 3.23. The highest BCUT2D eigenvalue weighted by molar-refractivity contribution is 8.14. The minimum absolute atomic E-state index is 0.613. The maximum Gasteiger partial charge on any atom is 0.384 e. The Bertz CT molecular complexity index is 465. The van der Waals surface area contributed by atoms with Crippen molar-refractivity contribution in [3.8, 4) is 0 Å². The molecule has 0 amide bonds. The van der Waals surface area contributed by atoms with E-state index in [1.165, 1.54) is 18.2 Å². The molecule has 2 nitrogen and oxygen atoms in total. The molecule has 0 aliphatic heterocycles. The van der Waals surface area contributed by atoms with Crippen LogP contribution in [0.25, 0.3) is 6.08 Å². The molecule has 0 bridgehead atoms. The molecular formula is C9H7ClF2O2S. The van der Waals surface area contributed by atoms with Crippen LogP contribution >= 0.6 is 10.7 Å². The van der Waals surface area contributed by atoms with Gasteiger partial charge < -0.3 is 0 Å². The molecule has 82 valence electrons. The van der Waals surface area contributed by atoms with Crippen molar-refractivity contribution in [3.63, 3.8) is 0 Å². The molecule has 15 heavy (non-hydrogen) atoms. The monoisotopic (exact) mass is 252 g/mol. The number of benzene rings is 1. The van der Waals surface area contributed by atoms with Gasteiger partial charge in [-0.3, -0.25) is 0 Å². The van der Waals surface area contributed by atoms with Crippen molar-refractivity contribution in [2.45, 2.75) is 5.25 Å². The van der Waals surface area contributed by atoms with Gasteiger partial charge in [0.05, 0.1) is 0 Å². The van der Waals surface area contributed by atoms with Gasteiger partial charge >= 0.3 is 14.3 Å². The van der Waals surface area contributed by atoms with Crippen molar-refractivity contribution in [1.29, 1.82) is 0 Å². The Morgan fingerprint density at radius 3 is 2.07 bits per heavy atom. The summed E-state index contributed by atoms with van der Waals surface area (Å²) in [6.45, 7) is 3.44. The van der Waals surface area contributed by atoms with E-state index in [9.17, 15) is 17.2 Å². The molecule has 0 aromatic heterocycles. The molecule has 0 radical (unpaired) electrons. The van der Waals surface area contributed by atoms with Crippen LogP contribution < -0.4 is 0 Å². The normalized spacial score (nSPS) is 12.5. The molecule has 0 heterocycles. The first-order valence-electron chi connectivity index (χ1n) is 3.84. The van der Waals surface area contributed by atoms with Gasteiger partial charge in [0.15, 0.2) is 0 Å². The molecule has 6 heteroatoms. The van der Waals surface area contributed by atoms with Gasteiger partial charge in [0.1, 0.15) is 0 Å². The van der Waals surface area contributed by atoms with E-state index in [2.05, 4.69) is 17.3 Å². The summed E-state index contributed by atoms with van der Waals surface area (Å²) in [5.74, 6) is 0. The van der Waals surface area contributed by atoms with Gasteiger partial charge in [0, 0.05) is 16.2 Å². The molecule has 0 aliphatic carbocycles. The molecule has 0 spiro atoms. The molecule has 0 unspecified atom stereocenters. The van der Waals surface area contributed by atoms with E-state index in [1.54, 1.807) is 0 Å². The summed E-state index contributed by atoms with van der Waals surface area (Å²) in [5, 5.41) is -4.08. The maximum atomic E-state index is 13.2. The van der Waals surface area contributed by atoms with Crippen molar-refractivity contribution in [1.82, 2.24) is 0 Å². The molecule has 0 N–H and O–H groups in total. The molecular weight excluding hydrogens is 246 g/mol. The second kappa shape index (κ2) is 3.90. The van der Waals surface area contributed by atoms with Crippen LogP contribution in [0.4, 0.5) is 8.78 Å². The summed E-state index contributed by atoms with van der Waals surface area (Å²) in [5.41, 5.74) is -0.0513. The van der Waals surface area contributed by atoms with Crippen LogP contribution in [0.2, 0.25) is 0 Å². The first kappa shape index (κ1) is 12.1. The quantitative estimate of drug-likeness (QED) is 0.775. The van der Waals surface area contributed by atoms with Crippen LogP contribution in [0.1, 0.15) is 11.1 Å². The third-order valence-corrected chi connectivity index (χ3v) is 3.22. The molecule has 0 aliphatic rings. The zero-order chi connectivity index (χ0) is 11.7. The Morgan fingerprint density at radius 2 is 1.73 bits per heavy atom. The summed E-state index contributed by atoms with van der Waals surface area (Å²) in [7, 11) is -0.327. The predicted molar refractivity (Wildman–Crippen MR) is 55.2 cm³/mol. The molecule has 0 saturated heterocycles. The van der Waals surface area contributed by atoms with Gasteiger partial charge in [0.25, 0.3) is 0 Å². The third kappa shape index (κ3) is 2.35. The lowest BCUT2D eigenvalue weighted by Gasteiger charge is -2.12. The number of hydrogen-bond acceptors (Lipinski definition) is 2. The molecule has 0 fully saturated rings. The summed E-state index contributed by atoms with van der Waals surface area (Å²) in [4.78, 5) is 0. The van der Waals surface area contributed by atoms with Crippen molar-refractivity contribution in [3.05, 3.63) is 42.0 Å². The summed E-state index contributed by atoms with van der Waals surface area (Å²) in [6, 6.07) is 4.66. The average Bonchev–Trinajstić information content (AvgIpc) is 2.16. The van der Waals surface area contributed by atoms with Crippen LogP contribution in [0.5, 0.6) is 0 Å². The molecule has 0 atom stereocenters. The Kier molecular flexibility index (Phi) is 3.16. The van der Waals surface area contributed by atoms with E-state index in [0.29, 0.717) is 5.56 Å². The molecule has 1 rings (SSSR count). The first-order valence-corrected chi connectivity index (χ1v) is 6.15. The van der Waals surface area contributed by atoms with E-state index in [1.807, 2.05) is 0 Å². The zero-order valence-corrected chi connectivity index (χ0v) is 9.02. The topological polar surface area (TPSA) is 34.1 Å². The Hall–Kier alpha value is -0.940. The zero-order valence-electron chi connectivity index (χ0n) is 7.45. The van der Waals surface area contributed by atoms with Crippen molar-refractivity contribution in [2.24, 2.45) is 0 Å². The van der Waals surface area contributed by atoms with E-state index in [4.69, 9.17) is 0 Å². The lowest BCUT2D eigenvalue weighted by Crippen LogP contribution is -2.21. The second-order valence-electron chi connectivity index (χ2n) is 2.78. The van der Waals surface area contributed by atoms with Gasteiger partial charge in [-0.25, -0.2) is 8.42 Å². The van der Waals surface area contributed by atoms with E-state index in [0.717, 1.165) is 12.1 Å². The lowest BCUT2D eigenvalue weighted by atomic mass is 10.1. The van der Waals surface area contributed by atoms with Crippen LogP contribution in [0.3, 0.4) is 0 Å². The fraction of sp³-hybridized carbons (Fsp3) is 0.111. The van der Waals surface area contributed by atoms with Crippen LogP contribution in [0.15, 0.2) is 30.8 Å². The minimum atomic E-state index is -4.96. The predicted octanol–water partition coefficient (Wildman–Crippen LogP) is 2.95. The van der Waals surface area contributed by atoms with E-state index in [-0.39, 0.29) is 0 Å². The molecule has 1 aromatic rings. The van der Waals surface area contributed by atoms with Gasteiger partial charge in [-0.1, -0.05) is 36.9 Å². The fourth-order valence-electron chi connectivity index (χ4n) is 0.954. The highest BCUT2D eigenvalue weighted by Crippen LogP contribution is 2.36. The van der Waals surface area contributed by atoms with Crippen molar-refractivity contribution >= 4 is 25.8 Å². The summed E-state index contributed by atoms with van der Waals surface area (Å²) >= 11 is 0. The minimum Gasteiger partial charge on any atom is -0.205 e. The number of alkyl halides is 2. The molecule has 1 aromatic carbocycles. The first-order chi connectivity index (χ1) is 6.79. The maximum absolute atomic E-state index is 13.2. The van der Waals surface area contributed by atoms with Gasteiger partial charge in [-0.05, 0) is 5.56 Å². The highest BCUT2D eigenvalue weighted by atomic mass is 35.7. The standard InChI is InChI=1S/C9H7ClF2O2S/c1-2-7-3-5-8(6-4-7)9(11,12)15(10,13)14/h2-6H,1H2.